The van der Waals surface area contributed by atoms with Gasteiger partial charge in [-0.3, -0.25) is 0 Å². The van der Waals surface area contributed by atoms with Crippen LogP contribution in [0.25, 0.3) is 0 Å². The summed E-state index contributed by atoms with van der Waals surface area (Å²) in [6.07, 6.45) is 1.15. The van der Waals surface area contributed by atoms with Crippen LogP contribution >= 0.6 is 11.6 Å². The molecule has 0 bridgehead atoms. The van der Waals surface area contributed by atoms with E-state index in [9.17, 15) is 16.8 Å². The minimum atomic E-state index is -3.81. The average Bonchev–Trinajstić information content (AvgIpc) is 3.06. The Bertz CT molecular complexity index is 1000. The monoisotopic (exact) mass is 413 g/mol. The summed E-state index contributed by atoms with van der Waals surface area (Å²) in [6, 6.07) is 12.3. The molecule has 1 fully saturated rings. The van der Waals surface area contributed by atoms with Gasteiger partial charge in [-0.2, -0.15) is 4.31 Å². The van der Waals surface area contributed by atoms with Crippen molar-refractivity contribution < 1.29 is 16.8 Å². The molecule has 1 aliphatic rings. The molecule has 1 atom stereocenters. The second kappa shape index (κ2) is 7.31. The zero-order chi connectivity index (χ0) is 18.9. The van der Waals surface area contributed by atoms with Crippen LogP contribution in [0.2, 0.25) is 5.02 Å². The third-order valence-electron chi connectivity index (χ3n) is 4.57. The maximum Gasteiger partial charge on any atom is 0.243 e. The number of sulfonamides is 1. The lowest BCUT2D eigenvalue weighted by molar-refractivity contribution is 0.407. The zero-order valence-electron chi connectivity index (χ0n) is 14.3. The minimum Gasteiger partial charge on any atom is -0.224 e. The van der Waals surface area contributed by atoms with Gasteiger partial charge >= 0.3 is 0 Å². The summed E-state index contributed by atoms with van der Waals surface area (Å²) in [7, 11) is -7.38. The molecular formula is C18H20ClNO4S2. The number of nitrogens with zero attached hydrogens (tertiary/aromatic N) is 1. The van der Waals surface area contributed by atoms with E-state index in [4.69, 9.17) is 11.6 Å². The first-order chi connectivity index (χ1) is 12.2. The summed E-state index contributed by atoms with van der Waals surface area (Å²) in [5.74, 6) is -0.226. The van der Waals surface area contributed by atoms with Gasteiger partial charge in [0, 0.05) is 17.6 Å². The normalized spacial score (nSPS) is 18.9. The van der Waals surface area contributed by atoms with Crippen LogP contribution in [0, 0.1) is 6.92 Å². The number of rotatable bonds is 5. The van der Waals surface area contributed by atoms with Crippen molar-refractivity contribution in [3.05, 3.63) is 59.1 Å². The Hall–Kier alpha value is -1.41. The Morgan fingerprint density at radius 2 is 1.77 bits per heavy atom. The first kappa shape index (κ1) is 19.4. The molecule has 5 nitrogen and oxygen atoms in total. The molecule has 0 saturated carbocycles. The Balaban J connectivity index is 1.92. The predicted molar refractivity (Wildman–Crippen MR) is 102 cm³/mol. The number of sulfone groups is 1. The highest BCUT2D eigenvalue weighted by Crippen LogP contribution is 2.31. The lowest BCUT2D eigenvalue weighted by atomic mass is 10.2. The molecule has 3 rings (SSSR count). The lowest BCUT2D eigenvalue weighted by Crippen LogP contribution is -2.39. The van der Waals surface area contributed by atoms with Gasteiger partial charge in [-0.1, -0.05) is 35.9 Å². The highest BCUT2D eigenvalue weighted by atomic mass is 35.5. The van der Waals surface area contributed by atoms with Crippen molar-refractivity contribution in [2.45, 2.75) is 35.6 Å². The zero-order valence-corrected chi connectivity index (χ0v) is 16.7. The fourth-order valence-electron chi connectivity index (χ4n) is 3.25. The Morgan fingerprint density at radius 1 is 1.08 bits per heavy atom. The molecule has 1 aliphatic heterocycles. The summed E-state index contributed by atoms with van der Waals surface area (Å²) in [5.41, 5.74) is 0.589. The van der Waals surface area contributed by atoms with Gasteiger partial charge in [0.05, 0.1) is 15.5 Å². The van der Waals surface area contributed by atoms with Crippen LogP contribution in [-0.2, 0) is 19.9 Å². The molecule has 140 valence electrons. The molecule has 1 heterocycles. The number of halogens is 1. The molecule has 0 aromatic heterocycles. The van der Waals surface area contributed by atoms with Gasteiger partial charge in [0.25, 0.3) is 0 Å². The Labute approximate surface area is 159 Å². The van der Waals surface area contributed by atoms with E-state index in [1.165, 1.54) is 22.5 Å². The first-order valence-corrected chi connectivity index (χ1v) is 11.7. The second-order valence-electron chi connectivity index (χ2n) is 6.42. The van der Waals surface area contributed by atoms with Gasteiger partial charge in [-0.15, -0.1) is 0 Å². The largest absolute Gasteiger partial charge is 0.243 e. The van der Waals surface area contributed by atoms with Crippen LogP contribution in [0.5, 0.6) is 0 Å². The van der Waals surface area contributed by atoms with Gasteiger partial charge in [-0.05, 0) is 49.6 Å². The van der Waals surface area contributed by atoms with Crippen molar-refractivity contribution in [1.29, 1.82) is 0 Å². The van der Waals surface area contributed by atoms with Crippen molar-refractivity contribution in [1.82, 2.24) is 4.31 Å². The van der Waals surface area contributed by atoms with Crippen molar-refractivity contribution in [3.63, 3.8) is 0 Å². The maximum atomic E-state index is 13.1. The SMILES string of the molecule is Cc1ccc(Cl)cc1S(=O)(=O)N1CCCC1CS(=O)(=O)c1ccccc1. The van der Waals surface area contributed by atoms with Crippen molar-refractivity contribution in [2.75, 3.05) is 12.3 Å². The fourth-order valence-corrected chi connectivity index (χ4v) is 7.14. The molecule has 2 aromatic carbocycles. The molecule has 0 N–H and O–H groups in total. The minimum absolute atomic E-state index is 0.133. The van der Waals surface area contributed by atoms with E-state index >= 15 is 0 Å². The van der Waals surface area contributed by atoms with Crippen molar-refractivity contribution in [3.8, 4) is 0 Å². The van der Waals surface area contributed by atoms with E-state index in [0.29, 0.717) is 30.0 Å². The number of hydrogen-bond acceptors (Lipinski definition) is 4. The molecule has 0 radical (unpaired) electrons. The van der Waals surface area contributed by atoms with E-state index in [1.807, 2.05) is 0 Å². The van der Waals surface area contributed by atoms with Gasteiger partial charge in [-0.25, -0.2) is 16.8 Å². The third-order valence-corrected chi connectivity index (χ3v) is 8.72. The number of aryl methyl sites for hydroxylation is 1. The molecular weight excluding hydrogens is 394 g/mol. The second-order valence-corrected chi connectivity index (χ2v) is 10.7. The van der Waals surface area contributed by atoms with Crippen LogP contribution in [0.1, 0.15) is 18.4 Å². The molecule has 0 aliphatic carbocycles. The smallest absolute Gasteiger partial charge is 0.224 e. The van der Waals surface area contributed by atoms with Crippen molar-refractivity contribution in [2.24, 2.45) is 0 Å². The Kier molecular flexibility index (Phi) is 5.44. The van der Waals surface area contributed by atoms with E-state index in [-0.39, 0.29) is 15.5 Å². The Morgan fingerprint density at radius 3 is 2.46 bits per heavy atom. The maximum absolute atomic E-state index is 13.1. The highest BCUT2D eigenvalue weighted by Gasteiger charge is 2.38. The van der Waals surface area contributed by atoms with E-state index < -0.39 is 25.9 Å². The average molecular weight is 414 g/mol. The predicted octanol–water partition coefficient (Wildman–Crippen LogP) is 3.28. The van der Waals surface area contributed by atoms with E-state index in [0.717, 1.165) is 0 Å². The number of benzene rings is 2. The lowest BCUT2D eigenvalue weighted by Gasteiger charge is -2.25. The quantitative estimate of drug-likeness (QED) is 0.754. The van der Waals surface area contributed by atoms with Crippen molar-refractivity contribution >= 4 is 31.5 Å². The van der Waals surface area contributed by atoms with Crippen LogP contribution in [0.15, 0.2) is 58.3 Å². The third kappa shape index (κ3) is 3.81. The van der Waals surface area contributed by atoms with Gasteiger partial charge in [0.2, 0.25) is 10.0 Å². The standard InChI is InChI=1S/C18H20ClNO4S2/c1-14-9-10-15(19)12-18(14)26(23,24)20-11-5-6-16(20)13-25(21,22)17-7-3-2-4-8-17/h2-4,7-10,12,16H,5-6,11,13H2,1H3. The van der Waals surface area contributed by atoms with Gasteiger partial charge in [0.1, 0.15) is 0 Å². The van der Waals surface area contributed by atoms with Crippen LogP contribution < -0.4 is 0 Å². The molecule has 0 amide bonds. The highest BCUT2D eigenvalue weighted by molar-refractivity contribution is 7.91. The number of hydrogen-bond donors (Lipinski definition) is 0. The fraction of sp³-hybridized carbons (Fsp3) is 0.333. The van der Waals surface area contributed by atoms with Gasteiger partial charge < -0.3 is 0 Å². The van der Waals surface area contributed by atoms with E-state index in [1.54, 1.807) is 37.3 Å². The summed E-state index contributed by atoms with van der Waals surface area (Å²) < 4.78 is 52.9. The van der Waals surface area contributed by atoms with Crippen LogP contribution in [0.4, 0.5) is 0 Å². The summed E-state index contributed by atoms with van der Waals surface area (Å²) in [4.78, 5) is 0.345. The molecule has 8 heteroatoms. The summed E-state index contributed by atoms with van der Waals surface area (Å²) in [6.45, 7) is 2.01. The molecule has 1 unspecified atom stereocenters. The molecule has 26 heavy (non-hydrogen) atoms. The van der Waals surface area contributed by atoms with E-state index in [2.05, 4.69) is 0 Å². The first-order valence-electron chi connectivity index (χ1n) is 8.27. The topological polar surface area (TPSA) is 71.5 Å². The van der Waals surface area contributed by atoms with Crippen LogP contribution in [0.3, 0.4) is 0 Å². The molecule has 0 spiro atoms. The summed E-state index contributed by atoms with van der Waals surface area (Å²) >= 11 is 5.97. The van der Waals surface area contributed by atoms with Crippen LogP contribution in [-0.4, -0.2) is 39.5 Å². The molecule has 1 saturated heterocycles. The molecule has 2 aromatic rings. The van der Waals surface area contributed by atoms with Gasteiger partial charge in [0.15, 0.2) is 9.84 Å². The summed E-state index contributed by atoms with van der Waals surface area (Å²) in [5, 5.41) is 0.335.